The summed E-state index contributed by atoms with van der Waals surface area (Å²) in [4.78, 5) is -0.0669. The van der Waals surface area contributed by atoms with Gasteiger partial charge in [-0.05, 0) is 22.9 Å². The fraction of sp³-hybridized carbons (Fsp3) is 0.286. The third-order valence-corrected chi connectivity index (χ3v) is 6.55. The van der Waals surface area contributed by atoms with Gasteiger partial charge in [-0.1, -0.05) is 30.3 Å². The molecule has 0 spiro atoms. The fourth-order valence-corrected chi connectivity index (χ4v) is 5.32. The van der Waals surface area contributed by atoms with Crippen molar-refractivity contribution in [2.24, 2.45) is 0 Å². The average molecular weight is 342 g/mol. The molecule has 1 fully saturated rings. The van der Waals surface area contributed by atoms with Crippen molar-refractivity contribution in [3.05, 3.63) is 42.5 Å². The lowest BCUT2D eigenvalue weighted by Gasteiger charge is -2.14. The van der Waals surface area contributed by atoms with E-state index in [1.54, 1.807) is 18.2 Å². The molecule has 1 heterocycles. The van der Waals surface area contributed by atoms with E-state index in [9.17, 15) is 21.9 Å². The first-order chi connectivity index (χ1) is 10.3. The van der Waals surface area contributed by atoms with E-state index in [2.05, 4.69) is 0 Å². The lowest BCUT2D eigenvalue weighted by atomic mass is 10.1. The van der Waals surface area contributed by atoms with Crippen molar-refractivity contribution < 1.29 is 26.1 Å². The Labute approximate surface area is 128 Å². The first-order valence-electron chi connectivity index (χ1n) is 6.57. The van der Waals surface area contributed by atoms with Crippen LogP contribution < -0.4 is 0 Å². The van der Waals surface area contributed by atoms with Crippen LogP contribution in [0.5, 0.6) is 0 Å². The number of benzene rings is 2. The van der Waals surface area contributed by atoms with Crippen molar-refractivity contribution in [2.75, 3.05) is 11.5 Å². The Morgan fingerprint density at radius 1 is 1.05 bits per heavy atom. The number of aliphatic hydroxyl groups is 1. The van der Waals surface area contributed by atoms with Gasteiger partial charge in [0.05, 0.1) is 22.5 Å². The van der Waals surface area contributed by atoms with Crippen LogP contribution in [0, 0.1) is 0 Å². The molecule has 0 unspecified atom stereocenters. The molecule has 1 aliphatic rings. The first-order valence-corrected chi connectivity index (χ1v) is 9.80. The minimum Gasteiger partial charge on any atom is -0.389 e. The number of hydrogen-bond donors (Lipinski definition) is 1. The van der Waals surface area contributed by atoms with Crippen LogP contribution in [0.3, 0.4) is 0 Å². The number of rotatable bonds is 3. The predicted octanol–water partition coefficient (Wildman–Crippen LogP) is 0.703. The van der Waals surface area contributed by atoms with Gasteiger partial charge in [0, 0.05) is 0 Å². The number of aliphatic hydroxyl groups excluding tert-OH is 1. The highest BCUT2D eigenvalue weighted by Crippen LogP contribution is 2.24. The van der Waals surface area contributed by atoms with Crippen LogP contribution in [-0.4, -0.2) is 45.7 Å². The molecule has 3 rings (SSSR count). The quantitative estimate of drug-likeness (QED) is 0.825. The number of fused-ring (bicyclic) bond motifs is 1. The van der Waals surface area contributed by atoms with E-state index in [1.807, 2.05) is 12.1 Å². The lowest BCUT2D eigenvalue weighted by molar-refractivity contribution is 0.0780. The Hall–Kier alpha value is -1.48. The summed E-state index contributed by atoms with van der Waals surface area (Å²) < 4.78 is 52.3. The van der Waals surface area contributed by atoms with Gasteiger partial charge < -0.3 is 5.11 Å². The van der Waals surface area contributed by atoms with E-state index >= 15 is 0 Å². The summed E-state index contributed by atoms with van der Waals surface area (Å²) in [5.41, 5.74) is 0. The molecule has 0 saturated carbocycles. The topological polar surface area (TPSA) is 97.7 Å². The monoisotopic (exact) mass is 342 g/mol. The van der Waals surface area contributed by atoms with Crippen LogP contribution in [0.1, 0.15) is 0 Å². The van der Waals surface area contributed by atoms with E-state index < -0.39 is 43.7 Å². The SMILES string of the molecule is O=S1(=O)C[C@H](O)[C@H](OS(=O)(=O)c2ccc3ccccc3c2)C1. The second-order valence-corrected chi connectivity index (χ2v) is 8.97. The van der Waals surface area contributed by atoms with E-state index in [-0.39, 0.29) is 4.90 Å². The molecule has 0 aliphatic carbocycles. The summed E-state index contributed by atoms with van der Waals surface area (Å²) in [6, 6.07) is 11.7. The molecule has 0 aromatic heterocycles. The summed E-state index contributed by atoms with van der Waals surface area (Å²) in [6.45, 7) is 0. The van der Waals surface area contributed by atoms with Gasteiger partial charge in [-0.2, -0.15) is 8.42 Å². The third kappa shape index (κ3) is 3.00. The molecule has 0 radical (unpaired) electrons. The standard InChI is InChI=1S/C14H14O6S2/c15-13-8-21(16,17)9-14(13)20-22(18,19)12-6-5-10-3-1-2-4-11(10)7-12/h1-7,13-15H,8-9H2/t13-,14+/m0/s1. The van der Waals surface area contributed by atoms with Crippen LogP contribution in [-0.2, 0) is 24.1 Å². The molecule has 2 atom stereocenters. The molecule has 22 heavy (non-hydrogen) atoms. The zero-order valence-corrected chi connectivity index (χ0v) is 13.0. The van der Waals surface area contributed by atoms with Crippen molar-refractivity contribution >= 4 is 30.7 Å². The zero-order chi connectivity index (χ0) is 16.0. The van der Waals surface area contributed by atoms with Gasteiger partial charge >= 0.3 is 0 Å². The van der Waals surface area contributed by atoms with Gasteiger partial charge in [-0.25, -0.2) is 8.42 Å². The van der Waals surface area contributed by atoms with Crippen LogP contribution in [0.2, 0.25) is 0 Å². The van der Waals surface area contributed by atoms with Gasteiger partial charge in [0.1, 0.15) is 6.10 Å². The van der Waals surface area contributed by atoms with Crippen molar-refractivity contribution in [2.45, 2.75) is 17.1 Å². The molecule has 2 aromatic rings. The highest BCUT2D eigenvalue weighted by atomic mass is 32.2. The van der Waals surface area contributed by atoms with Crippen LogP contribution in [0.4, 0.5) is 0 Å². The van der Waals surface area contributed by atoms with Crippen molar-refractivity contribution in [1.82, 2.24) is 0 Å². The second kappa shape index (κ2) is 5.31. The summed E-state index contributed by atoms with van der Waals surface area (Å²) in [7, 11) is -7.62. The first kappa shape index (κ1) is 15.4. The smallest absolute Gasteiger partial charge is 0.297 e. The van der Waals surface area contributed by atoms with Gasteiger partial charge in [-0.3, -0.25) is 4.18 Å². The van der Waals surface area contributed by atoms with Gasteiger partial charge in [0.25, 0.3) is 10.1 Å². The highest BCUT2D eigenvalue weighted by Gasteiger charge is 2.40. The maximum Gasteiger partial charge on any atom is 0.297 e. The van der Waals surface area contributed by atoms with Crippen molar-refractivity contribution in [3.8, 4) is 0 Å². The van der Waals surface area contributed by atoms with Gasteiger partial charge in [-0.15, -0.1) is 0 Å². The van der Waals surface area contributed by atoms with E-state index in [0.29, 0.717) is 0 Å². The molecule has 0 bridgehead atoms. The maximum atomic E-state index is 12.3. The second-order valence-electron chi connectivity index (χ2n) is 5.24. The number of hydrogen-bond acceptors (Lipinski definition) is 6. The summed E-state index contributed by atoms with van der Waals surface area (Å²) in [5.74, 6) is -0.980. The Morgan fingerprint density at radius 3 is 2.36 bits per heavy atom. The molecule has 6 nitrogen and oxygen atoms in total. The minimum atomic E-state index is -4.14. The van der Waals surface area contributed by atoms with Crippen molar-refractivity contribution in [3.63, 3.8) is 0 Å². The molecular formula is C14H14O6S2. The molecule has 1 saturated heterocycles. The van der Waals surface area contributed by atoms with Crippen LogP contribution in [0.15, 0.2) is 47.4 Å². The van der Waals surface area contributed by atoms with Gasteiger partial charge in [0.2, 0.25) is 0 Å². The molecule has 1 aliphatic heterocycles. The molecular weight excluding hydrogens is 328 g/mol. The van der Waals surface area contributed by atoms with Gasteiger partial charge in [0.15, 0.2) is 9.84 Å². The Balaban J connectivity index is 1.92. The minimum absolute atomic E-state index is 0.0669. The zero-order valence-electron chi connectivity index (χ0n) is 11.4. The molecule has 0 amide bonds. The summed E-state index contributed by atoms with van der Waals surface area (Å²) in [6.07, 6.45) is -2.60. The molecule has 2 aromatic carbocycles. The third-order valence-electron chi connectivity index (χ3n) is 3.53. The normalized spacial score (nSPS) is 24.6. The van der Waals surface area contributed by atoms with E-state index in [4.69, 9.17) is 4.18 Å². The predicted molar refractivity (Wildman–Crippen MR) is 80.7 cm³/mol. The average Bonchev–Trinajstić information content (AvgIpc) is 2.70. The van der Waals surface area contributed by atoms with E-state index in [0.717, 1.165) is 10.8 Å². The molecule has 1 N–H and O–H groups in total. The summed E-state index contributed by atoms with van der Waals surface area (Å²) in [5, 5.41) is 11.2. The van der Waals surface area contributed by atoms with Crippen LogP contribution in [0.25, 0.3) is 10.8 Å². The molecule has 8 heteroatoms. The van der Waals surface area contributed by atoms with Crippen LogP contribution >= 0.6 is 0 Å². The summed E-state index contributed by atoms with van der Waals surface area (Å²) >= 11 is 0. The fourth-order valence-electron chi connectivity index (χ4n) is 2.43. The Kier molecular flexibility index (Phi) is 3.72. The number of sulfone groups is 1. The van der Waals surface area contributed by atoms with Crippen molar-refractivity contribution in [1.29, 1.82) is 0 Å². The largest absolute Gasteiger partial charge is 0.389 e. The molecule has 118 valence electrons. The lowest BCUT2D eigenvalue weighted by Crippen LogP contribution is -2.29. The highest BCUT2D eigenvalue weighted by molar-refractivity contribution is 7.91. The Bertz CT molecular complexity index is 917. The maximum absolute atomic E-state index is 12.3. The van der Waals surface area contributed by atoms with E-state index in [1.165, 1.54) is 12.1 Å². The Morgan fingerprint density at radius 2 is 1.73 bits per heavy atom.